The standard InChI is InChI=1S/C24H24N4O/c1-18-9-8-15-28-22(19(2)26-23(18)28)24(29)27(17-20-10-4-3-5-11-20)16-13-21-12-6-7-14-25-21/h3-12,14-15H,13,16-17H2,1-2H3. The quantitative estimate of drug-likeness (QED) is 0.500. The predicted octanol–water partition coefficient (Wildman–Crippen LogP) is 4.23. The fourth-order valence-electron chi connectivity index (χ4n) is 3.58. The van der Waals surface area contributed by atoms with Crippen LogP contribution in [0, 0.1) is 13.8 Å². The zero-order chi connectivity index (χ0) is 20.2. The highest BCUT2D eigenvalue weighted by molar-refractivity contribution is 5.94. The second-order valence-electron chi connectivity index (χ2n) is 7.21. The van der Waals surface area contributed by atoms with Crippen molar-refractivity contribution >= 4 is 11.6 Å². The zero-order valence-electron chi connectivity index (χ0n) is 16.7. The van der Waals surface area contributed by atoms with Gasteiger partial charge in [0.2, 0.25) is 0 Å². The van der Waals surface area contributed by atoms with Crippen LogP contribution in [0.25, 0.3) is 5.65 Å². The number of hydrogen-bond donors (Lipinski definition) is 0. The minimum absolute atomic E-state index is 0.0135. The van der Waals surface area contributed by atoms with Crippen molar-refractivity contribution in [3.63, 3.8) is 0 Å². The van der Waals surface area contributed by atoms with Gasteiger partial charge < -0.3 is 4.90 Å². The van der Waals surface area contributed by atoms with Gasteiger partial charge in [-0.25, -0.2) is 4.98 Å². The summed E-state index contributed by atoms with van der Waals surface area (Å²) in [6.45, 7) is 5.05. The average Bonchev–Trinajstić information content (AvgIpc) is 3.09. The summed E-state index contributed by atoms with van der Waals surface area (Å²) in [4.78, 5) is 24.6. The van der Waals surface area contributed by atoms with Crippen LogP contribution in [0.2, 0.25) is 0 Å². The van der Waals surface area contributed by atoms with E-state index in [4.69, 9.17) is 0 Å². The smallest absolute Gasteiger partial charge is 0.273 e. The summed E-state index contributed by atoms with van der Waals surface area (Å²) in [6, 6.07) is 19.9. The number of rotatable bonds is 6. The van der Waals surface area contributed by atoms with Crippen LogP contribution in [-0.4, -0.2) is 31.7 Å². The van der Waals surface area contributed by atoms with E-state index >= 15 is 0 Å². The first kappa shape index (κ1) is 18.9. The maximum atomic E-state index is 13.6. The first-order chi connectivity index (χ1) is 14.1. The van der Waals surface area contributed by atoms with E-state index in [9.17, 15) is 4.79 Å². The number of aromatic nitrogens is 3. The fourth-order valence-corrected chi connectivity index (χ4v) is 3.58. The Balaban J connectivity index is 1.67. The van der Waals surface area contributed by atoms with E-state index in [1.165, 1.54) is 0 Å². The van der Waals surface area contributed by atoms with Crippen LogP contribution in [0.15, 0.2) is 73.1 Å². The lowest BCUT2D eigenvalue weighted by Crippen LogP contribution is -2.34. The fraction of sp³-hybridized carbons (Fsp3) is 0.208. The molecule has 0 unspecified atom stereocenters. The van der Waals surface area contributed by atoms with E-state index < -0.39 is 0 Å². The number of pyridine rings is 2. The lowest BCUT2D eigenvalue weighted by Gasteiger charge is -2.23. The minimum Gasteiger partial charge on any atom is -0.333 e. The second kappa shape index (κ2) is 8.27. The molecule has 0 saturated carbocycles. The van der Waals surface area contributed by atoms with E-state index in [-0.39, 0.29) is 5.91 Å². The maximum Gasteiger partial charge on any atom is 0.273 e. The van der Waals surface area contributed by atoms with Gasteiger partial charge in [0, 0.05) is 37.6 Å². The van der Waals surface area contributed by atoms with Crippen molar-refractivity contribution < 1.29 is 4.79 Å². The van der Waals surface area contributed by atoms with Crippen LogP contribution >= 0.6 is 0 Å². The van der Waals surface area contributed by atoms with Crippen LogP contribution in [0.3, 0.4) is 0 Å². The monoisotopic (exact) mass is 384 g/mol. The van der Waals surface area contributed by atoms with Gasteiger partial charge in [-0.2, -0.15) is 0 Å². The van der Waals surface area contributed by atoms with E-state index in [2.05, 4.69) is 9.97 Å². The molecular formula is C24H24N4O. The van der Waals surface area contributed by atoms with E-state index in [0.717, 1.165) is 28.2 Å². The van der Waals surface area contributed by atoms with E-state index in [0.29, 0.717) is 25.2 Å². The number of nitrogens with zero attached hydrogens (tertiary/aromatic N) is 4. The number of aryl methyl sites for hydroxylation is 2. The second-order valence-corrected chi connectivity index (χ2v) is 7.21. The molecule has 1 aromatic carbocycles. The molecule has 0 aliphatic carbocycles. The number of benzene rings is 1. The highest BCUT2D eigenvalue weighted by Gasteiger charge is 2.23. The molecule has 0 N–H and O–H groups in total. The Morgan fingerprint density at radius 3 is 2.55 bits per heavy atom. The molecule has 0 bridgehead atoms. The summed E-state index contributed by atoms with van der Waals surface area (Å²) < 4.78 is 1.91. The third-order valence-corrected chi connectivity index (χ3v) is 5.09. The number of carbonyl (C=O) groups excluding carboxylic acids is 1. The van der Waals surface area contributed by atoms with Crippen molar-refractivity contribution in [2.75, 3.05) is 6.54 Å². The summed E-state index contributed by atoms with van der Waals surface area (Å²) in [6.07, 6.45) is 4.40. The molecule has 0 radical (unpaired) electrons. The molecule has 29 heavy (non-hydrogen) atoms. The lowest BCUT2D eigenvalue weighted by molar-refractivity contribution is 0.0737. The predicted molar refractivity (Wildman–Crippen MR) is 114 cm³/mol. The normalized spacial score (nSPS) is 11.0. The van der Waals surface area contributed by atoms with Crippen molar-refractivity contribution in [3.8, 4) is 0 Å². The molecule has 5 nitrogen and oxygen atoms in total. The third-order valence-electron chi connectivity index (χ3n) is 5.09. The number of carbonyl (C=O) groups is 1. The third kappa shape index (κ3) is 4.04. The van der Waals surface area contributed by atoms with Crippen molar-refractivity contribution in [2.24, 2.45) is 0 Å². The first-order valence-corrected chi connectivity index (χ1v) is 9.81. The Labute approximate surface area is 170 Å². The van der Waals surface area contributed by atoms with Crippen LogP contribution in [0.5, 0.6) is 0 Å². The average molecular weight is 384 g/mol. The SMILES string of the molecule is Cc1nc2c(C)cccn2c1C(=O)N(CCc1ccccn1)Cc1ccccc1. The molecule has 1 amide bonds. The minimum atomic E-state index is -0.0135. The van der Waals surface area contributed by atoms with Gasteiger partial charge in [0.25, 0.3) is 5.91 Å². The van der Waals surface area contributed by atoms with Gasteiger partial charge in [0.15, 0.2) is 0 Å². The zero-order valence-corrected chi connectivity index (χ0v) is 16.7. The number of fused-ring (bicyclic) bond motifs is 1. The van der Waals surface area contributed by atoms with Crippen molar-refractivity contribution in [2.45, 2.75) is 26.8 Å². The number of hydrogen-bond acceptors (Lipinski definition) is 3. The Bertz CT molecular complexity index is 1120. The molecule has 3 heterocycles. The summed E-state index contributed by atoms with van der Waals surface area (Å²) in [5, 5.41) is 0. The van der Waals surface area contributed by atoms with Crippen molar-refractivity contribution in [1.82, 2.24) is 19.3 Å². The molecule has 0 saturated heterocycles. The molecule has 5 heteroatoms. The van der Waals surface area contributed by atoms with Crippen molar-refractivity contribution in [3.05, 3.63) is 101 Å². The summed E-state index contributed by atoms with van der Waals surface area (Å²) >= 11 is 0. The summed E-state index contributed by atoms with van der Waals surface area (Å²) in [7, 11) is 0. The largest absolute Gasteiger partial charge is 0.333 e. The van der Waals surface area contributed by atoms with Gasteiger partial charge in [-0.05, 0) is 43.2 Å². The van der Waals surface area contributed by atoms with Crippen molar-refractivity contribution in [1.29, 1.82) is 0 Å². The molecule has 146 valence electrons. The Hall–Kier alpha value is -3.47. The topological polar surface area (TPSA) is 50.5 Å². The Kier molecular flexibility index (Phi) is 5.38. The maximum absolute atomic E-state index is 13.6. The number of amides is 1. The first-order valence-electron chi connectivity index (χ1n) is 9.81. The Morgan fingerprint density at radius 2 is 1.79 bits per heavy atom. The van der Waals surface area contributed by atoms with Crippen LogP contribution < -0.4 is 0 Å². The van der Waals surface area contributed by atoms with Gasteiger partial charge in [-0.15, -0.1) is 0 Å². The van der Waals surface area contributed by atoms with Crippen LogP contribution in [-0.2, 0) is 13.0 Å². The Morgan fingerprint density at radius 1 is 1.00 bits per heavy atom. The van der Waals surface area contributed by atoms with Gasteiger partial charge in [0.05, 0.1) is 5.69 Å². The van der Waals surface area contributed by atoms with Gasteiger partial charge in [-0.1, -0.05) is 42.5 Å². The molecule has 0 aliphatic heterocycles. The van der Waals surface area contributed by atoms with Gasteiger partial charge in [0.1, 0.15) is 11.3 Å². The molecule has 0 atom stereocenters. The van der Waals surface area contributed by atoms with Gasteiger partial charge >= 0.3 is 0 Å². The van der Waals surface area contributed by atoms with Gasteiger partial charge in [-0.3, -0.25) is 14.2 Å². The highest BCUT2D eigenvalue weighted by Crippen LogP contribution is 2.19. The highest BCUT2D eigenvalue weighted by atomic mass is 16.2. The molecule has 4 aromatic rings. The molecular weight excluding hydrogens is 360 g/mol. The number of imidazole rings is 1. The lowest BCUT2D eigenvalue weighted by atomic mass is 10.1. The van der Waals surface area contributed by atoms with E-state index in [1.807, 2.05) is 90.0 Å². The summed E-state index contributed by atoms with van der Waals surface area (Å²) in [5.41, 5.74) is 5.34. The molecule has 3 aromatic heterocycles. The summed E-state index contributed by atoms with van der Waals surface area (Å²) in [5.74, 6) is -0.0135. The van der Waals surface area contributed by atoms with Crippen LogP contribution in [0.1, 0.15) is 33.0 Å². The van der Waals surface area contributed by atoms with Crippen LogP contribution in [0.4, 0.5) is 0 Å². The molecule has 0 aliphatic rings. The van der Waals surface area contributed by atoms with E-state index in [1.54, 1.807) is 6.20 Å². The molecule has 0 fully saturated rings. The molecule has 4 rings (SSSR count). The molecule has 0 spiro atoms.